The van der Waals surface area contributed by atoms with Gasteiger partial charge in [-0.3, -0.25) is 0 Å². The maximum atomic E-state index is 2.57. The molecule has 0 spiro atoms. The first kappa shape index (κ1) is 31.1. The number of hydrogen-bond acceptors (Lipinski definition) is 1. The Hall–Kier alpha value is -6.44. The van der Waals surface area contributed by atoms with Crippen molar-refractivity contribution in [1.29, 1.82) is 0 Å². The van der Waals surface area contributed by atoms with Crippen LogP contribution >= 0.6 is 0 Å². The minimum Gasteiger partial charge on any atom is -0.309 e. The van der Waals surface area contributed by atoms with Crippen LogP contribution in [0, 0.1) is 0 Å². The summed E-state index contributed by atoms with van der Waals surface area (Å²) in [7, 11) is 0. The summed E-state index contributed by atoms with van der Waals surface area (Å²) >= 11 is 0. The Morgan fingerprint density at radius 1 is 0.407 bits per heavy atom. The van der Waals surface area contributed by atoms with Crippen LogP contribution in [0.2, 0.25) is 0 Å². The van der Waals surface area contributed by atoms with Crippen molar-refractivity contribution >= 4 is 49.4 Å². The van der Waals surface area contributed by atoms with Crippen LogP contribution in [-0.4, -0.2) is 0 Å². The Bertz CT molecular complexity index is 2930. The first-order chi connectivity index (χ1) is 26.5. The summed E-state index contributed by atoms with van der Waals surface area (Å²) in [5, 5.41) is 7.55. The van der Waals surface area contributed by atoms with Crippen LogP contribution in [0.1, 0.15) is 36.1 Å². The fourth-order valence-electron chi connectivity index (χ4n) is 9.65. The molecular formula is C53H39N. The lowest BCUT2D eigenvalue weighted by molar-refractivity contribution is 0.660. The molecule has 1 aliphatic heterocycles. The van der Waals surface area contributed by atoms with Crippen molar-refractivity contribution in [3.8, 4) is 33.4 Å². The van der Waals surface area contributed by atoms with Crippen LogP contribution in [-0.2, 0) is 18.3 Å². The molecule has 1 heteroatoms. The normalized spacial score (nSPS) is 14.1. The zero-order valence-electron chi connectivity index (χ0n) is 30.6. The Morgan fingerprint density at radius 2 is 0.981 bits per heavy atom. The second kappa shape index (κ2) is 11.8. The van der Waals surface area contributed by atoms with Gasteiger partial charge in [0.2, 0.25) is 0 Å². The Kier molecular flexibility index (Phi) is 6.79. The average molecular weight is 690 g/mol. The van der Waals surface area contributed by atoms with Gasteiger partial charge in [-0.15, -0.1) is 0 Å². The highest BCUT2D eigenvalue weighted by atomic mass is 15.2. The number of fused-ring (bicyclic) bond motifs is 8. The SMILES string of the molecule is CC1(C)c2ccccc2-c2cc(-c3c4ccccc4c(N4c5ccccc5CCc5ccccc54)c4ccc(-c5ccc6ccccc6c5)cc34)ccc21. The van der Waals surface area contributed by atoms with E-state index in [9.17, 15) is 0 Å². The number of benzene rings is 9. The second-order valence-corrected chi connectivity index (χ2v) is 15.6. The summed E-state index contributed by atoms with van der Waals surface area (Å²) in [6.45, 7) is 4.73. The van der Waals surface area contributed by atoms with Gasteiger partial charge in [0.05, 0.1) is 5.69 Å². The summed E-state index contributed by atoms with van der Waals surface area (Å²) in [5.74, 6) is 0. The maximum absolute atomic E-state index is 2.57. The third-order valence-electron chi connectivity index (χ3n) is 12.3. The zero-order chi connectivity index (χ0) is 36.0. The molecule has 1 heterocycles. The summed E-state index contributed by atoms with van der Waals surface area (Å²) in [5.41, 5.74) is 16.9. The molecule has 11 rings (SSSR count). The molecule has 0 fully saturated rings. The van der Waals surface area contributed by atoms with E-state index in [1.807, 2.05) is 0 Å². The van der Waals surface area contributed by atoms with Crippen molar-refractivity contribution in [3.05, 3.63) is 198 Å². The lowest BCUT2D eigenvalue weighted by Gasteiger charge is -2.31. The highest BCUT2D eigenvalue weighted by Gasteiger charge is 2.35. The molecule has 0 N–H and O–H groups in total. The van der Waals surface area contributed by atoms with E-state index in [0.29, 0.717) is 0 Å². The highest BCUT2D eigenvalue weighted by molar-refractivity contribution is 6.23. The smallest absolute Gasteiger partial charge is 0.0619 e. The first-order valence-electron chi connectivity index (χ1n) is 19.2. The number of anilines is 3. The predicted octanol–water partition coefficient (Wildman–Crippen LogP) is 14.4. The lowest BCUT2D eigenvalue weighted by atomic mass is 9.81. The van der Waals surface area contributed by atoms with Crippen LogP contribution in [0.4, 0.5) is 17.1 Å². The zero-order valence-corrected chi connectivity index (χ0v) is 30.6. The van der Waals surface area contributed by atoms with Crippen LogP contribution in [0.15, 0.2) is 176 Å². The third-order valence-corrected chi connectivity index (χ3v) is 12.3. The number of aryl methyl sites for hydroxylation is 2. The Morgan fingerprint density at radius 3 is 1.78 bits per heavy atom. The molecule has 54 heavy (non-hydrogen) atoms. The van der Waals surface area contributed by atoms with E-state index >= 15 is 0 Å². The quantitative estimate of drug-likeness (QED) is 0.167. The van der Waals surface area contributed by atoms with E-state index in [-0.39, 0.29) is 5.41 Å². The van der Waals surface area contributed by atoms with Crippen molar-refractivity contribution < 1.29 is 0 Å². The van der Waals surface area contributed by atoms with E-state index in [1.54, 1.807) is 0 Å². The molecule has 9 aromatic carbocycles. The molecule has 9 aromatic rings. The Balaban J connectivity index is 1.26. The predicted molar refractivity (Wildman–Crippen MR) is 229 cm³/mol. The molecule has 1 nitrogen and oxygen atoms in total. The van der Waals surface area contributed by atoms with Crippen molar-refractivity contribution in [2.45, 2.75) is 32.1 Å². The molecule has 0 bridgehead atoms. The van der Waals surface area contributed by atoms with Gasteiger partial charge >= 0.3 is 0 Å². The van der Waals surface area contributed by atoms with E-state index < -0.39 is 0 Å². The van der Waals surface area contributed by atoms with Gasteiger partial charge in [-0.2, -0.15) is 0 Å². The number of rotatable bonds is 3. The summed E-state index contributed by atoms with van der Waals surface area (Å²) in [6.07, 6.45) is 2.02. The Labute approximate surface area is 316 Å². The topological polar surface area (TPSA) is 3.24 Å². The number of nitrogens with zero attached hydrogens (tertiary/aromatic N) is 1. The largest absolute Gasteiger partial charge is 0.309 e. The van der Waals surface area contributed by atoms with Crippen LogP contribution in [0.25, 0.3) is 65.7 Å². The van der Waals surface area contributed by atoms with Gasteiger partial charge in [0.1, 0.15) is 0 Å². The van der Waals surface area contributed by atoms with Crippen LogP contribution in [0.3, 0.4) is 0 Å². The van der Waals surface area contributed by atoms with Gasteiger partial charge in [-0.05, 0) is 120 Å². The molecular weight excluding hydrogens is 651 g/mol. The summed E-state index contributed by atoms with van der Waals surface area (Å²) in [6, 6.07) is 66.1. The molecule has 256 valence electrons. The third kappa shape index (κ3) is 4.58. The van der Waals surface area contributed by atoms with Gasteiger partial charge < -0.3 is 4.90 Å². The van der Waals surface area contributed by atoms with Crippen molar-refractivity contribution in [3.63, 3.8) is 0 Å². The van der Waals surface area contributed by atoms with Gasteiger partial charge in [-0.25, -0.2) is 0 Å². The fourth-order valence-corrected chi connectivity index (χ4v) is 9.65. The van der Waals surface area contributed by atoms with E-state index in [2.05, 4.69) is 195 Å². The van der Waals surface area contributed by atoms with Gasteiger partial charge in [-0.1, -0.05) is 159 Å². The highest BCUT2D eigenvalue weighted by Crippen LogP contribution is 2.53. The van der Waals surface area contributed by atoms with E-state index in [4.69, 9.17) is 0 Å². The number of hydrogen-bond donors (Lipinski definition) is 0. The standard InChI is InChI=1S/C53H39N/c1-53(2)47-20-10-9-17-41(47)45-33-40(28-30-48(45)53)51-42-18-7-8-19-43(42)52(54-49-21-11-5-14-35(49)24-25-36-15-6-12-22-50(36)54)44-29-27-39(32-46(44)51)38-26-23-34-13-3-4-16-37(34)31-38/h3-23,26-33H,24-25H2,1-2H3. The number of para-hydroxylation sites is 2. The molecule has 0 saturated heterocycles. The van der Waals surface area contributed by atoms with E-state index in [1.165, 1.54) is 105 Å². The molecule has 0 atom stereocenters. The minimum atomic E-state index is -0.0464. The molecule has 0 radical (unpaired) electrons. The van der Waals surface area contributed by atoms with Gasteiger partial charge in [0.25, 0.3) is 0 Å². The van der Waals surface area contributed by atoms with Crippen molar-refractivity contribution in [2.24, 2.45) is 0 Å². The van der Waals surface area contributed by atoms with Crippen LogP contribution in [0.5, 0.6) is 0 Å². The van der Waals surface area contributed by atoms with Crippen molar-refractivity contribution in [1.82, 2.24) is 0 Å². The summed E-state index contributed by atoms with van der Waals surface area (Å²) in [4.78, 5) is 2.57. The lowest BCUT2D eigenvalue weighted by Crippen LogP contribution is -2.14. The van der Waals surface area contributed by atoms with Crippen LogP contribution < -0.4 is 4.90 Å². The molecule has 0 amide bonds. The van der Waals surface area contributed by atoms with E-state index in [0.717, 1.165) is 12.8 Å². The second-order valence-electron chi connectivity index (χ2n) is 15.6. The average Bonchev–Trinajstić information content (AvgIpc) is 3.33. The van der Waals surface area contributed by atoms with Crippen molar-refractivity contribution in [2.75, 3.05) is 4.90 Å². The minimum absolute atomic E-state index is 0.0464. The molecule has 0 aromatic heterocycles. The first-order valence-corrected chi connectivity index (χ1v) is 19.2. The van der Waals surface area contributed by atoms with Gasteiger partial charge in [0.15, 0.2) is 0 Å². The molecule has 0 unspecified atom stereocenters. The monoisotopic (exact) mass is 689 g/mol. The molecule has 0 saturated carbocycles. The summed E-state index contributed by atoms with van der Waals surface area (Å²) < 4.78 is 0. The molecule has 2 aliphatic rings. The van der Waals surface area contributed by atoms with Gasteiger partial charge in [0, 0.05) is 27.6 Å². The fraction of sp³-hybridized carbons (Fsp3) is 0.0943. The maximum Gasteiger partial charge on any atom is 0.0619 e. The molecule has 1 aliphatic carbocycles.